The molecule has 1 aliphatic rings. The number of rotatable bonds is 7. The fraction of sp³-hybridized carbons (Fsp3) is 1.00. The molecule has 3 nitrogen and oxygen atoms in total. The first-order chi connectivity index (χ1) is 7.29. The quantitative estimate of drug-likeness (QED) is 0.667. The van der Waals surface area contributed by atoms with Crippen LogP contribution in [0.15, 0.2) is 0 Å². The molecule has 0 aliphatic heterocycles. The Balaban J connectivity index is 2.38. The van der Waals surface area contributed by atoms with Gasteiger partial charge in [-0.3, -0.25) is 0 Å². The van der Waals surface area contributed by atoms with Gasteiger partial charge in [-0.1, -0.05) is 13.8 Å². The van der Waals surface area contributed by atoms with E-state index in [0.29, 0.717) is 12.5 Å². The molecule has 0 bridgehead atoms. The number of hydrogen-bond donors (Lipinski definition) is 0. The fourth-order valence-corrected chi connectivity index (χ4v) is 3.14. The van der Waals surface area contributed by atoms with E-state index in [1.807, 2.05) is 13.8 Å². The van der Waals surface area contributed by atoms with Gasteiger partial charge < -0.3 is 4.74 Å². The molecule has 2 atom stereocenters. The van der Waals surface area contributed by atoms with Crippen LogP contribution in [0.25, 0.3) is 0 Å². The summed E-state index contributed by atoms with van der Waals surface area (Å²) >= 11 is 0. The van der Waals surface area contributed by atoms with Crippen LogP contribution in [-0.4, -0.2) is 26.9 Å². The van der Waals surface area contributed by atoms with Gasteiger partial charge >= 0.3 is 0 Å². The van der Waals surface area contributed by atoms with Crippen molar-refractivity contribution in [1.82, 2.24) is 0 Å². The molecule has 0 saturated heterocycles. The molecule has 0 radical (unpaired) electrons. The van der Waals surface area contributed by atoms with E-state index in [0.717, 1.165) is 0 Å². The van der Waals surface area contributed by atoms with Gasteiger partial charge in [0.15, 0.2) is 0 Å². The second kappa shape index (κ2) is 5.69. The van der Waals surface area contributed by atoms with Crippen molar-refractivity contribution in [3.05, 3.63) is 0 Å². The topological polar surface area (TPSA) is 43.4 Å². The van der Waals surface area contributed by atoms with Gasteiger partial charge in [0.2, 0.25) is 9.05 Å². The zero-order valence-corrected chi connectivity index (χ0v) is 11.7. The van der Waals surface area contributed by atoms with Crippen LogP contribution in [0.3, 0.4) is 0 Å². The highest BCUT2D eigenvalue weighted by Crippen LogP contribution is 2.34. The maximum Gasteiger partial charge on any atom is 0.232 e. The van der Waals surface area contributed by atoms with Crippen LogP contribution >= 0.6 is 10.7 Å². The van der Waals surface area contributed by atoms with Crippen LogP contribution in [0.4, 0.5) is 0 Å². The number of hydrogen-bond acceptors (Lipinski definition) is 3. The largest absolute Gasteiger partial charge is 0.378 e. The molecular formula is C11H21ClO3S. The van der Waals surface area contributed by atoms with E-state index >= 15 is 0 Å². The van der Waals surface area contributed by atoms with Crippen molar-refractivity contribution in [1.29, 1.82) is 0 Å². The highest BCUT2D eigenvalue weighted by atomic mass is 35.7. The maximum atomic E-state index is 11.0. The van der Waals surface area contributed by atoms with Crippen LogP contribution < -0.4 is 0 Å². The van der Waals surface area contributed by atoms with Gasteiger partial charge in [0.1, 0.15) is 0 Å². The monoisotopic (exact) mass is 268 g/mol. The summed E-state index contributed by atoms with van der Waals surface area (Å²) in [5.74, 6) is 0.938. The SMILES string of the molecule is CC(C)C(COC(C)C1CC1)CS(=O)(=O)Cl. The van der Waals surface area contributed by atoms with Gasteiger partial charge in [0, 0.05) is 10.7 Å². The van der Waals surface area contributed by atoms with Crippen molar-refractivity contribution in [3.8, 4) is 0 Å². The summed E-state index contributed by atoms with van der Waals surface area (Å²) < 4.78 is 27.8. The molecule has 1 saturated carbocycles. The Morgan fingerprint density at radius 3 is 2.25 bits per heavy atom. The van der Waals surface area contributed by atoms with Gasteiger partial charge in [-0.05, 0) is 37.5 Å². The fourth-order valence-electron chi connectivity index (χ4n) is 1.67. The lowest BCUT2D eigenvalue weighted by atomic mass is 9.99. The molecule has 0 N–H and O–H groups in total. The van der Waals surface area contributed by atoms with E-state index in [2.05, 4.69) is 6.92 Å². The molecule has 2 unspecified atom stereocenters. The summed E-state index contributed by atoms with van der Waals surface area (Å²) in [4.78, 5) is 0. The zero-order valence-electron chi connectivity index (χ0n) is 10.1. The smallest absolute Gasteiger partial charge is 0.232 e. The van der Waals surface area contributed by atoms with E-state index in [4.69, 9.17) is 15.4 Å². The Morgan fingerprint density at radius 2 is 1.88 bits per heavy atom. The lowest BCUT2D eigenvalue weighted by molar-refractivity contribution is 0.0224. The Morgan fingerprint density at radius 1 is 1.31 bits per heavy atom. The Hall–Kier alpha value is 0.200. The molecule has 96 valence electrons. The molecule has 0 aromatic rings. The molecular weight excluding hydrogens is 248 g/mol. The Bertz CT molecular complexity index is 309. The second-order valence-electron chi connectivity index (χ2n) is 5.09. The first-order valence-electron chi connectivity index (χ1n) is 5.83. The second-order valence-corrected chi connectivity index (χ2v) is 7.91. The number of ether oxygens (including phenoxy) is 1. The molecule has 1 aliphatic carbocycles. The minimum absolute atomic E-state index is 0.00358. The van der Waals surface area contributed by atoms with E-state index in [-0.39, 0.29) is 23.7 Å². The van der Waals surface area contributed by atoms with Crippen LogP contribution in [0.2, 0.25) is 0 Å². The minimum Gasteiger partial charge on any atom is -0.378 e. The van der Waals surface area contributed by atoms with Crippen LogP contribution in [0.5, 0.6) is 0 Å². The van der Waals surface area contributed by atoms with Crippen molar-refractivity contribution < 1.29 is 13.2 Å². The molecule has 1 rings (SSSR count). The summed E-state index contributed by atoms with van der Waals surface area (Å²) in [6, 6.07) is 0. The first-order valence-corrected chi connectivity index (χ1v) is 8.31. The van der Waals surface area contributed by atoms with Gasteiger partial charge in [0.05, 0.1) is 18.5 Å². The summed E-state index contributed by atoms with van der Waals surface area (Å²) in [7, 11) is 1.85. The zero-order chi connectivity index (χ0) is 12.3. The molecule has 5 heteroatoms. The van der Waals surface area contributed by atoms with Gasteiger partial charge in [-0.15, -0.1) is 0 Å². The van der Waals surface area contributed by atoms with E-state index in [9.17, 15) is 8.42 Å². The summed E-state index contributed by atoms with van der Waals surface area (Å²) in [5, 5.41) is 0. The number of halogens is 1. The molecule has 0 spiro atoms. The lowest BCUT2D eigenvalue weighted by Crippen LogP contribution is -2.26. The molecule has 0 aromatic carbocycles. The third kappa shape index (κ3) is 5.51. The third-order valence-electron chi connectivity index (χ3n) is 3.22. The molecule has 0 aromatic heterocycles. The molecule has 16 heavy (non-hydrogen) atoms. The molecule has 1 fully saturated rings. The van der Waals surface area contributed by atoms with Crippen LogP contribution in [0.1, 0.15) is 33.6 Å². The molecule has 0 heterocycles. The Kier molecular flexibility index (Phi) is 5.08. The summed E-state index contributed by atoms with van der Waals surface area (Å²) in [5.41, 5.74) is 0. The van der Waals surface area contributed by atoms with Crippen LogP contribution in [-0.2, 0) is 13.8 Å². The van der Waals surface area contributed by atoms with E-state index in [1.165, 1.54) is 12.8 Å². The first kappa shape index (κ1) is 14.3. The van der Waals surface area contributed by atoms with E-state index in [1.54, 1.807) is 0 Å². The summed E-state index contributed by atoms with van der Waals surface area (Å²) in [6.07, 6.45) is 2.72. The van der Waals surface area contributed by atoms with Crippen molar-refractivity contribution in [2.45, 2.75) is 39.7 Å². The van der Waals surface area contributed by atoms with Crippen molar-refractivity contribution in [2.24, 2.45) is 17.8 Å². The third-order valence-corrected chi connectivity index (χ3v) is 4.42. The van der Waals surface area contributed by atoms with Crippen molar-refractivity contribution in [3.63, 3.8) is 0 Å². The lowest BCUT2D eigenvalue weighted by Gasteiger charge is -2.21. The highest BCUT2D eigenvalue weighted by Gasteiger charge is 2.30. The minimum atomic E-state index is -3.43. The predicted octanol–water partition coefficient (Wildman–Crippen LogP) is 2.64. The van der Waals surface area contributed by atoms with Crippen molar-refractivity contribution >= 4 is 19.7 Å². The standard InChI is InChI=1S/C11H21ClO3S/c1-8(2)11(7-16(12,13)14)6-15-9(3)10-4-5-10/h8-11H,4-7H2,1-3H3. The van der Waals surface area contributed by atoms with E-state index < -0.39 is 9.05 Å². The van der Waals surface area contributed by atoms with Gasteiger partial charge in [-0.25, -0.2) is 8.42 Å². The highest BCUT2D eigenvalue weighted by molar-refractivity contribution is 8.13. The maximum absolute atomic E-state index is 11.0. The molecule has 0 amide bonds. The normalized spacial score (nSPS) is 21.1. The van der Waals surface area contributed by atoms with Gasteiger partial charge in [0.25, 0.3) is 0 Å². The van der Waals surface area contributed by atoms with Gasteiger partial charge in [-0.2, -0.15) is 0 Å². The predicted molar refractivity (Wildman–Crippen MR) is 66.1 cm³/mol. The average Bonchev–Trinajstić information content (AvgIpc) is 2.92. The summed E-state index contributed by atoms with van der Waals surface area (Å²) in [6.45, 7) is 6.54. The van der Waals surface area contributed by atoms with Crippen LogP contribution in [0, 0.1) is 17.8 Å². The Labute approximate surface area is 103 Å². The average molecular weight is 269 g/mol. The van der Waals surface area contributed by atoms with Crippen molar-refractivity contribution in [2.75, 3.05) is 12.4 Å².